The molecule has 1 aromatic heterocycles. The first-order chi connectivity index (χ1) is 7.47. The molecule has 0 spiro atoms. The van der Waals surface area contributed by atoms with E-state index in [1.807, 2.05) is 0 Å². The van der Waals surface area contributed by atoms with E-state index in [1.54, 1.807) is 0 Å². The summed E-state index contributed by atoms with van der Waals surface area (Å²) < 4.78 is 2.14. The summed E-state index contributed by atoms with van der Waals surface area (Å²) in [5.41, 5.74) is 3.75. The van der Waals surface area contributed by atoms with Gasteiger partial charge in [0.25, 0.3) is 0 Å². The molecular formula is C13H25N3. The second-order valence-electron chi connectivity index (χ2n) is 4.81. The van der Waals surface area contributed by atoms with Crippen LogP contribution in [0, 0.1) is 20.8 Å². The van der Waals surface area contributed by atoms with Crippen molar-refractivity contribution in [2.24, 2.45) is 0 Å². The van der Waals surface area contributed by atoms with Crippen molar-refractivity contribution in [2.45, 2.75) is 60.0 Å². The quantitative estimate of drug-likeness (QED) is 0.832. The van der Waals surface area contributed by atoms with Gasteiger partial charge in [-0.15, -0.1) is 0 Å². The number of hydrogen-bond donors (Lipinski definition) is 1. The van der Waals surface area contributed by atoms with Crippen molar-refractivity contribution >= 4 is 0 Å². The molecule has 1 N–H and O–H groups in total. The monoisotopic (exact) mass is 223 g/mol. The van der Waals surface area contributed by atoms with Crippen molar-refractivity contribution in [2.75, 3.05) is 6.54 Å². The number of aromatic nitrogens is 2. The minimum atomic E-state index is 0.418. The lowest BCUT2D eigenvalue weighted by atomic mass is 10.2. The highest BCUT2D eigenvalue weighted by molar-refractivity contribution is 5.22. The van der Waals surface area contributed by atoms with Crippen LogP contribution in [0.1, 0.15) is 50.2 Å². The summed E-state index contributed by atoms with van der Waals surface area (Å²) in [6, 6.07) is 1.00. The lowest BCUT2D eigenvalue weighted by Gasteiger charge is -2.18. The SMILES string of the molecule is CCC(C)NCC(C)n1nc(C)c(C)c1C. The standard InChI is InChI=1S/C13H25N3/c1-7-9(2)14-8-10(3)16-13(6)11(4)12(5)15-16/h9-10,14H,7-8H2,1-6H3. The fourth-order valence-corrected chi connectivity index (χ4v) is 1.78. The van der Waals surface area contributed by atoms with E-state index in [0.717, 1.165) is 12.2 Å². The molecule has 16 heavy (non-hydrogen) atoms. The number of hydrogen-bond acceptors (Lipinski definition) is 2. The van der Waals surface area contributed by atoms with Crippen LogP contribution in [0.2, 0.25) is 0 Å². The van der Waals surface area contributed by atoms with Crippen LogP contribution in [0.4, 0.5) is 0 Å². The molecule has 0 fully saturated rings. The van der Waals surface area contributed by atoms with Gasteiger partial charge in [-0.25, -0.2) is 0 Å². The normalized spacial score (nSPS) is 15.1. The summed E-state index contributed by atoms with van der Waals surface area (Å²) in [5.74, 6) is 0. The van der Waals surface area contributed by atoms with Crippen LogP contribution in [0.25, 0.3) is 0 Å². The molecule has 1 rings (SSSR count). The van der Waals surface area contributed by atoms with Crippen molar-refractivity contribution in [1.29, 1.82) is 0 Å². The lowest BCUT2D eigenvalue weighted by Crippen LogP contribution is -2.31. The zero-order chi connectivity index (χ0) is 12.3. The van der Waals surface area contributed by atoms with Crippen LogP contribution in [0.3, 0.4) is 0 Å². The van der Waals surface area contributed by atoms with E-state index < -0.39 is 0 Å². The molecule has 2 atom stereocenters. The summed E-state index contributed by atoms with van der Waals surface area (Å²) in [5, 5.41) is 8.12. The number of nitrogens with one attached hydrogen (secondary N) is 1. The molecule has 1 aromatic rings. The molecule has 0 saturated heterocycles. The van der Waals surface area contributed by atoms with Crippen LogP contribution in [-0.4, -0.2) is 22.4 Å². The molecule has 3 heteroatoms. The topological polar surface area (TPSA) is 29.9 Å². The Kier molecular flexibility index (Phi) is 4.54. The van der Waals surface area contributed by atoms with E-state index in [2.05, 4.69) is 56.6 Å². The van der Waals surface area contributed by atoms with Gasteiger partial charge >= 0.3 is 0 Å². The van der Waals surface area contributed by atoms with Gasteiger partial charge in [0, 0.05) is 18.3 Å². The van der Waals surface area contributed by atoms with E-state index >= 15 is 0 Å². The molecule has 0 aliphatic heterocycles. The number of rotatable bonds is 5. The zero-order valence-corrected chi connectivity index (χ0v) is 11.5. The second-order valence-corrected chi connectivity index (χ2v) is 4.81. The van der Waals surface area contributed by atoms with E-state index in [0.29, 0.717) is 12.1 Å². The Morgan fingerprint density at radius 3 is 2.31 bits per heavy atom. The predicted octanol–water partition coefficient (Wildman–Crippen LogP) is 2.76. The Morgan fingerprint density at radius 2 is 1.88 bits per heavy atom. The van der Waals surface area contributed by atoms with Gasteiger partial charge in [-0.05, 0) is 46.6 Å². The van der Waals surface area contributed by atoms with Crippen LogP contribution in [-0.2, 0) is 0 Å². The summed E-state index contributed by atoms with van der Waals surface area (Å²) in [6.45, 7) is 14.0. The molecule has 0 radical (unpaired) electrons. The molecule has 2 unspecified atom stereocenters. The van der Waals surface area contributed by atoms with Gasteiger partial charge in [-0.2, -0.15) is 5.10 Å². The minimum Gasteiger partial charge on any atom is -0.312 e. The zero-order valence-electron chi connectivity index (χ0n) is 11.5. The van der Waals surface area contributed by atoms with Crippen molar-refractivity contribution in [3.8, 4) is 0 Å². The Morgan fingerprint density at radius 1 is 1.25 bits per heavy atom. The highest BCUT2D eigenvalue weighted by Gasteiger charge is 2.13. The lowest BCUT2D eigenvalue weighted by molar-refractivity contribution is 0.412. The van der Waals surface area contributed by atoms with Gasteiger partial charge in [0.05, 0.1) is 11.7 Å². The van der Waals surface area contributed by atoms with Gasteiger partial charge in [0.2, 0.25) is 0 Å². The highest BCUT2D eigenvalue weighted by atomic mass is 15.3. The van der Waals surface area contributed by atoms with Crippen molar-refractivity contribution < 1.29 is 0 Å². The maximum Gasteiger partial charge on any atom is 0.0625 e. The number of nitrogens with zero attached hydrogens (tertiary/aromatic N) is 2. The molecule has 0 aromatic carbocycles. The summed E-state index contributed by atoms with van der Waals surface area (Å²) >= 11 is 0. The highest BCUT2D eigenvalue weighted by Crippen LogP contribution is 2.15. The predicted molar refractivity (Wildman–Crippen MR) is 68.9 cm³/mol. The molecule has 92 valence electrons. The molecule has 0 saturated carbocycles. The van der Waals surface area contributed by atoms with E-state index in [9.17, 15) is 0 Å². The largest absolute Gasteiger partial charge is 0.312 e. The van der Waals surface area contributed by atoms with Gasteiger partial charge in [-0.1, -0.05) is 6.92 Å². The van der Waals surface area contributed by atoms with Gasteiger partial charge in [0.15, 0.2) is 0 Å². The average Bonchev–Trinajstić information content (AvgIpc) is 2.53. The third-order valence-corrected chi connectivity index (χ3v) is 3.48. The van der Waals surface area contributed by atoms with Crippen LogP contribution in [0.15, 0.2) is 0 Å². The first kappa shape index (κ1) is 13.2. The van der Waals surface area contributed by atoms with E-state index in [4.69, 9.17) is 0 Å². The average molecular weight is 223 g/mol. The first-order valence-electron chi connectivity index (χ1n) is 6.23. The van der Waals surface area contributed by atoms with Crippen LogP contribution in [0.5, 0.6) is 0 Å². The molecule has 0 bridgehead atoms. The Bertz CT molecular complexity index is 341. The van der Waals surface area contributed by atoms with Gasteiger partial charge in [-0.3, -0.25) is 4.68 Å². The minimum absolute atomic E-state index is 0.418. The smallest absolute Gasteiger partial charge is 0.0625 e. The molecule has 0 aliphatic carbocycles. The van der Waals surface area contributed by atoms with E-state index in [-0.39, 0.29) is 0 Å². The van der Waals surface area contributed by atoms with Gasteiger partial charge < -0.3 is 5.32 Å². The van der Waals surface area contributed by atoms with Crippen molar-refractivity contribution in [3.05, 3.63) is 17.0 Å². The maximum atomic E-state index is 4.59. The summed E-state index contributed by atoms with van der Waals surface area (Å²) in [6.07, 6.45) is 1.17. The summed E-state index contributed by atoms with van der Waals surface area (Å²) in [7, 11) is 0. The third-order valence-electron chi connectivity index (χ3n) is 3.48. The molecule has 3 nitrogen and oxygen atoms in total. The summed E-state index contributed by atoms with van der Waals surface area (Å²) in [4.78, 5) is 0. The second kappa shape index (κ2) is 5.48. The third kappa shape index (κ3) is 2.85. The maximum absolute atomic E-state index is 4.59. The molecular weight excluding hydrogens is 198 g/mol. The number of aryl methyl sites for hydroxylation is 1. The Balaban J connectivity index is 2.66. The molecule has 0 amide bonds. The Hall–Kier alpha value is -0.830. The van der Waals surface area contributed by atoms with Crippen molar-refractivity contribution in [1.82, 2.24) is 15.1 Å². The van der Waals surface area contributed by atoms with Gasteiger partial charge in [0.1, 0.15) is 0 Å². The molecule has 1 heterocycles. The van der Waals surface area contributed by atoms with Crippen molar-refractivity contribution in [3.63, 3.8) is 0 Å². The Labute approximate surface area is 99.2 Å². The van der Waals surface area contributed by atoms with E-state index in [1.165, 1.54) is 17.7 Å². The first-order valence-corrected chi connectivity index (χ1v) is 6.23. The fourth-order valence-electron chi connectivity index (χ4n) is 1.78. The van der Waals surface area contributed by atoms with Crippen LogP contribution >= 0.6 is 0 Å². The van der Waals surface area contributed by atoms with Crippen LogP contribution < -0.4 is 5.32 Å². The fraction of sp³-hybridized carbons (Fsp3) is 0.769. The molecule has 0 aliphatic rings.